The summed E-state index contributed by atoms with van der Waals surface area (Å²) in [6, 6.07) is 4.96. The molecule has 96 valence electrons. The number of carbonyl (C=O) groups is 2. The van der Waals surface area contributed by atoms with Gasteiger partial charge in [0.15, 0.2) is 0 Å². The Morgan fingerprint density at radius 2 is 2.17 bits per heavy atom. The van der Waals surface area contributed by atoms with E-state index < -0.39 is 12.0 Å². The number of aryl methyl sites for hydroxylation is 1. The van der Waals surface area contributed by atoms with Crippen LogP contribution >= 0.6 is 0 Å². The van der Waals surface area contributed by atoms with Gasteiger partial charge in [-0.05, 0) is 30.2 Å². The number of rotatable bonds is 2. The van der Waals surface area contributed by atoms with E-state index in [1.54, 1.807) is 18.2 Å². The standard InChI is InChI=1S/C12H15N3O3/c13-6-10(16)12(18)15-9-3-2-8(14)5-7(9)1-4-11(15)17/h2-3,5,10,16H,1,4,6,13-14H2. The van der Waals surface area contributed by atoms with Gasteiger partial charge in [-0.3, -0.25) is 9.59 Å². The van der Waals surface area contributed by atoms with Gasteiger partial charge in [0.05, 0.1) is 5.69 Å². The molecule has 1 aromatic carbocycles. The number of nitrogens with two attached hydrogens (primary N) is 2. The summed E-state index contributed by atoms with van der Waals surface area (Å²) in [5.74, 6) is -1.02. The second kappa shape index (κ2) is 4.75. The maximum absolute atomic E-state index is 11.9. The highest BCUT2D eigenvalue weighted by Crippen LogP contribution is 2.29. The molecule has 0 radical (unpaired) electrons. The molecule has 6 heteroatoms. The van der Waals surface area contributed by atoms with E-state index in [1.165, 1.54) is 0 Å². The zero-order valence-electron chi connectivity index (χ0n) is 9.80. The molecule has 2 amide bonds. The SMILES string of the molecule is NCC(O)C(=O)N1C(=O)CCc2cc(N)ccc21. The number of fused-ring (bicyclic) bond motifs is 1. The lowest BCUT2D eigenvalue weighted by Gasteiger charge is -2.29. The molecule has 0 saturated carbocycles. The van der Waals surface area contributed by atoms with E-state index in [4.69, 9.17) is 11.5 Å². The van der Waals surface area contributed by atoms with Gasteiger partial charge >= 0.3 is 0 Å². The molecule has 2 rings (SSSR count). The fraction of sp³-hybridized carbons (Fsp3) is 0.333. The summed E-state index contributed by atoms with van der Waals surface area (Å²) in [5.41, 5.74) is 12.8. The highest BCUT2D eigenvalue weighted by molar-refractivity contribution is 6.17. The maximum atomic E-state index is 11.9. The molecule has 1 unspecified atom stereocenters. The van der Waals surface area contributed by atoms with E-state index in [2.05, 4.69) is 0 Å². The Morgan fingerprint density at radius 3 is 2.83 bits per heavy atom. The molecule has 1 heterocycles. The topological polar surface area (TPSA) is 110 Å². The van der Waals surface area contributed by atoms with E-state index in [-0.39, 0.29) is 18.9 Å². The van der Waals surface area contributed by atoms with Crippen molar-refractivity contribution in [2.75, 3.05) is 17.2 Å². The quantitative estimate of drug-likeness (QED) is 0.606. The van der Waals surface area contributed by atoms with Crippen molar-refractivity contribution in [3.63, 3.8) is 0 Å². The van der Waals surface area contributed by atoms with Gasteiger partial charge < -0.3 is 16.6 Å². The Morgan fingerprint density at radius 1 is 1.44 bits per heavy atom. The van der Waals surface area contributed by atoms with Gasteiger partial charge in [0, 0.05) is 18.7 Å². The first-order chi connectivity index (χ1) is 8.54. The molecule has 1 aliphatic rings. The number of imide groups is 1. The molecule has 0 aliphatic carbocycles. The van der Waals surface area contributed by atoms with Crippen LogP contribution in [0.15, 0.2) is 18.2 Å². The minimum Gasteiger partial charge on any atom is -0.399 e. The van der Waals surface area contributed by atoms with Crippen LogP contribution in [0.25, 0.3) is 0 Å². The predicted octanol–water partition coefficient (Wildman–Crippen LogP) is -0.606. The normalized spacial score (nSPS) is 16.3. The predicted molar refractivity (Wildman–Crippen MR) is 66.7 cm³/mol. The molecule has 0 aromatic heterocycles. The van der Waals surface area contributed by atoms with Crippen LogP contribution in [0.2, 0.25) is 0 Å². The minimum atomic E-state index is -1.36. The average Bonchev–Trinajstić information content (AvgIpc) is 2.37. The molecule has 1 aromatic rings. The number of aliphatic hydroxyl groups is 1. The Hall–Kier alpha value is -1.92. The Labute approximate surface area is 104 Å². The van der Waals surface area contributed by atoms with Crippen molar-refractivity contribution in [3.05, 3.63) is 23.8 Å². The minimum absolute atomic E-state index is 0.215. The number of anilines is 2. The van der Waals surface area contributed by atoms with E-state index in [0.29, 0.717) is 17.8 Å². The molecule has 1 aliphatic heterocycles. The molecular formula is C12H15N3O3. The largest absolute Gasteiger partial charge is 0.399 e. The highest BCUT2D eigenvalue weighted by atomic mass is 16.3. The van der Waals surface area contributed by atoms with Gasteiger partial charge in [0.2, 0.25) is 5.91 Å². The third kappa shape index (κ3) is 2.07. The van der Waals surface area contributed by atoms with E-state index in [9.17, 15) is 14.7 Å². The lowest BCUT2D eigenvalue weighted by Crippen LogP contribution is -2.48. The first kappa shape index (κ1) is 12.5. The van der Waals surface area contributed by atoms with E-state index >= 15 is 0 Å². The molecule has 6 nitrogen and oxygen atoms in total. The summed E-state index contributed by atoms with van der Waals surface area (Å²) in [4.78, 5) is 24.8. The molecule has 1 atom stereocenters. The number of benzene rings is 1. The molecule has 0 spiro atoms. The lowest BCUT2D eigenvalue weighted by atomic mass is 10.00. The van der Waals surface area contributed by atoms with Crippen LogP contribution in [0, 0.1) is 0 Å². The maximum Gasteiger partial charge on any atom is 0.263 e. The Balaban J connectivity index is 2.42. The van der Waals surface area contributed by atoms with Crippen LogP contribution in [0.4, 0.5) is 11.4 Å². The number of hydrogen-bond donors (Lipinski definition) is 3. The number of hydrogen-bond acceptors (Lipinski definition) is 5. The van der Waals surface area contributed by atoms with Crippen LogP contribution in [0.1, 0.15) is 12.0 Å². The zero-order chi connectivity index (χ0) is 13.3. The lowest BCUT2D eigenvalue weighted by molar-refractivity contribution is -0.131. The van der Waals surface area contributed by atoms with Gasteiger partial charge in [-0.1, -0.05) is 0 Å². The molecule has 0 saturated heterocycles. The third-order valence-corrected chi connectivity index (χ3v) is 2.93. The van der Waals surface area contributed by atoms with Crippen molar-refractivity contribution in [3.8, 4) is 0 Å². The monoisotopic (exact) mass is 249 g/mol. The molecule has 0 fully saturated rings. The Bertz CT molecular complexity index is 501. The molecule has 0 bridgehead atoms. The van der Waals surface area contributed by atoms with Crippen LogP contribution in [-0.2, 0) is 16.0 Å². The van der Waals surface area contributed by atoms with Gasteiger partial charge in [-0.25, -0.2) is 4.90 Å². The van der Waals surface area contributed by atoms with Crippen molar-refractivity contribution in [1.82, 2.24) is 0 Å². The van der Waals surface area contributed by atoms with Crippen molar-refractivity contribution in [2.45, 2.75) is 18.9 Å². The fourth-order valence-corrected chi connectivity index (χ4v) is 2.00. The third-order valence-electron chi connectivity index (χ3n) is 2.93. The number of nitrogens with zero attached hydrogens (tertiary/aromatic N) is 1. The van der Waals surface area contributed by atoms with Crippen molar-refractivity contribution in [1.29, 1.82) is 0 Å². The summed E-state index contributed by atoms with van der Waals surface area (Å²) in [7, 11) is 0. The van der Waals surface area contributed by atoms with Crippen LogP contribution < -0.4 is 16.4 Å². The fourth-order valence-electron chi connectivity index (χ4n) is 2.00. The second-order valence-electron chi connectivity index (χ2n) is 4.21. The van der Waals surface area contributed by atoms with Crippen molar-refractivity contribution < 1.29 is 14.7 Å². The number of carbonyl (C=O) groups excluding carboxylic acids is 2. The van der Waals surface area contributed by atoms with Crippen LogP contribution in [0.3, 0.4) is 0 Å². The smallest absolute Gasteiger partial charge is 0.263 e. The molecule has 5 N–H and O–H groups in total. The summed E-state index contributed by atoms with van der Waals surface area (Å²) in [5, 5.41) is 9.48. The summed E-state index contributed by atoms with van der Waals surface area (Å²) in [6.07, 6.45) is -0.598. The average molecular weight is 249 g/mol. The Kier molecular flexibility index (Phi) is 3.31. The van der Waals surface area contributed by atoms with Crippen LogP contribution in [-0.4, -0.2) is 29.6 Å². The summed E-state index contributed by atoms with van der Waals surface area (Å²) < 4.78 is 0. The van der Waals surface area contributed by atoms with Crippen molar-refractivity contribution in [2.24, 2.45) is 5.73 Å². The molecular weight excluding hydrogens is 234 g/mol. The van der Waals surface area contributed by atoms with Gasteiger partial charge in [0.25, 0.3) is 5.91 Å². The molecule has 18 heavy (non-hydrogen) atoms. The summed E-state index contributed by atoms with van der Waals surface area (Å²) >= 11 is 0. The first-order valence-electron chi connectivity index (χ1n) is 5.68. The van der Waals surface area contributed by atoms with Crippen molar-refractivity contribution >= 4 is 23.2 Å². The zero-order valence-corrected chi connectivity index (χ0v) is 9.80. The van der Waals surface area contributed by atoms with Crippen LogP contribution in [0.5, 0.6) is 0 Å². The van der Waals surface area contributed by atoms with Gasteiger partial charge in [0.1, 0.15) is 6.10 Å². The number of nitrogen functional groups attached to an aromatic ring is 1. The van der Waals surface area contributed by atoms with Gasteiger partial charge in [-0.2, -0.15) is 0 Å². The first-order valence-corrected chi connectivity index (χ1v) is 5.68. The highest BCUT2D eigenvalue weighted by Gasteiger charge is 2.32. The number of aliphatic hydroxyl groups excluding tert-OH is 1. The van der Waals surface area contributed by atoms with Gasteiger partial charge in [-0.15, -0.1) is 0 Å². The number of amides is 2. The second-order valence-corrected chi connectivity index (χ2v) is 4.21. The van der Waals surface area contributed by atoms with E-state index in [0.717, 1.165) is 10.5 Å². The summed E-state index contributed by atoms with van der Waals surface area (Å²) in [6.45, 7) is -0.215. The van der Waals surface area contributed by atoms with E-state index in [1.807, 2.05) is 0 Å².